The maximum atomic E-state index is 10.8. The molecule has 0 unspecified atom stereocenters. The van der Waals surface area contributed by atoms with E-state index in [1.807, 2.05) is 18.2 Å². The van der Waals surface area contributed by atoms with Gasteiger partial charge in [-0.2, -0.15) is 0 Å². The molecule has 1 heterocycles. The van der Waals surface area contributed by atoms with Gasteiger partial charge in [-0.15, -0.1) is 11.3 Å². The predicted molar refractivity (Wildman–Crippen MR) is 79.6 cm³/mol. The fraction of sp³-hybridized carbons (Fsp3) is 0.214. The fourth-order valence-electron chi connectivity index (χ4n) is 1.67. The molecule has 0 spiro atoms. The van der Waals surface area contributed by atoms with Crippen molar-refractivity contribution in [2.24, 2.45) is 0 Å². The van der Waals surface area contributed by atoms with Gasteiger partial charge in [-0.3, -0.25) is 0 Å². The van der Waals surface area contributed by atoms with Crippen molar-refractivity contribution in [3.63, 3.8) is 0 Å². The molecule has 0 atom stereocenters. The Morgan fingerprint density at radius 3 is 2.68 bits per heavy atom. The second kappa shape index (κ2) is 5.75. The van der Waals surface area contributed by atoms with Gasteiger partial charge in [0.2, 0.25) is 0 Å². The number of aromatic carboxylic acids is 1. The minimum absolute atomic E-state index is 0.276. The first-order valence-electron chi connectivity index (χ1n) is 5.76. The van der Waals surface area contributed by atoms with Crippen molar-refractivity contribution in [3.8, 4) is 11.5 Å². The van der Waals surface area contributed by atoms with E-state index in [1.54, 1.807) is 11.4 Å². The zero-order valence-corrected chi connectivity index (χ0v) is 12.9. The van der Waals surface area contributed by atoms with E-state index in [0.717, 1.165) is 27.1 Å². The largest absolute Gasteiger partial charge is 0.477 e. The average molecular weight is 341 g/mol. The van der Waals surface area contributed by atoms with Crippen LogP contribution in [0.3, 0.4) is 0 Å². The summed E-state index contributed by atoms with van der Waals surface area (Å²) in [5.74, 6) is 0.712. The van der Waals surface area contributed by atoms with E-state index in [9.17, 15) is 4.79 Å². The summed E-state index contributed by atoms with van der Waals surface area (Å²) in [6.07, 6.45) is 0. The van der Waals surface area contributed by atoms with Gasteiger partial charge in [-0.25, -0.2) is 4.79 Å². The summed E-state index contributed by atoms with van der Waals surface area (Å²) >= 11 is 4.60. The summed E-state index contributed by atoms with van der Waals surface area (Å²) in [6, 6.07) is 7.35. The fourth-order valence-corrected chi connectivity index (χ4v) is 2.70. The van der Waals surface area contributed by atoms with Gasteiger partial charge in [0, 0.05) is 15.9 Å². The highest BCUT2D eigenvalue weighted by atomic mass is 79.9. The first-order valence-corrected chi connectivity index (χ1v) is 7.43. The number of carboxylic acid groups (broad SMARTS) is 1. The van der Waals surface area contributed by atoms with Crippen molar-refractivity contribution < 1.29 is 14.6 Å². The van der Waals surface area contributed by atoms with Crippen molar-refractivity contribution >= 4 is 33.2 Å². The molecule has 0 amide bonds. The van der Waals surface area contributed by atoms with Crippen LogP contribution in [0.1, 0.15) is 35.0 Å². The van der Waals surface area contributed by atoms with Crippen LogP contribution >= 0.6 is 27.3 Å². The second-order valence-corrected chi connectivity index (χ2v) is 6.22. The number of thiophene rings is 1. The van der Waals surface area contributed by atoms with Crippen LogP contribution in [0.15, 0.2) is 34.1 Å². The Hall–Kier alpha value is -1.33. The zero-order chi connectivity index (χ0) is 14.0. The maximum Gasteiger partial charge on any atom is 0.346 e. The third kappa shape index (κ3) is 3.36. The number of halogens is 1. The van der Waals surface area contributed by atoms with E-state index >= 15 is 0 Å². The number of hydrogen-bond donors (Lipinski definition) is 1. The van der Waals surface area contributed by atoms with Crippen LogP contribution in [-0.4, -0.2) is 11.1 Å². The van der Waals surface area contributed by atoms with Crippen LogP contribution < -0.4 is 4.74 Å². The molecule has 1 aromatic heterocycles. The molecule has 3 nitrogen and oxygen atoms in total. The van der Waals surface area contributed by atoms with Crippen LogP contribution in [0.25, 0.3) is 0 Å². The Bertz CT molecular complexity index is 604. The Balaban J connectivity index is 2.29. The minimum atomic E-state index is -0.931. The lowest BCUT2D eigenvalue weighted by atomic mass is 10.0. The molecular weight excluding hydrogens is 328 g/mol. The monoisotopic (exact) mass is 340 g/mol. The molecule has 1 aromatic carbocycles. The highest BCUT2D eigenvalue weighted by molar-refractivity contribution is 9.10. The first-order chi connectivity index (χ1) is 8.97. The van der Waals surface area contributed by atoms with Crippen molar-refractivity contribution in [1.29, 1.82) is 0 Å². The highest BCUT2D eigenvalue weighted by Gasteiger charge is 2.12. The standard InChI is InChI=1S/C14H13BrO3S/c1-8(2)11-5-9(15)3-4-12(11)18-10-6-13(14(16)17)19-7-10/h3-8H,1-2H3,(H,16,17). The number of benzene rings is 1. The van der Waals surface area contributed by atoms with Gasteiger partial charge < -0.3 is 9.84 Å². The van der Waals surface area contributed by atoms with Crippen molar-refractivity contribution in [1.82, 2.24) is 0 Å². The highest BCUT2D eigenvalue weighted by Crippen LogP contribution is 2.34. The van der Waals surface area contributed by atoms with Gasteiger partial charge in [0.25, 0.3) is 0 Å². The average Bonchev–Trinajstić information content (AvgIpc) is 2.80. The van der Waals surface area contributed by atoms with Gasteiger partial charge >= 0.3 is 5.97 Å². The number of carboxylic acids is 1. The van der Waals surface area contributed by atoms with Crippen LogP contribution in [0.4, 0.5) is 0 Å². The molecule has 0 saturated heterocycles. The Morgan fingerprint density at radius 1 is 1.37 bits per heavy atom. The van der Waals surface area contributed by atoms with Gasteiger partial charge in [-0.05, 0) is 29.7 Å². The maximum absolute atomic E-state index is 10.8. The lowest BCUT2D eigenvalue weighted by Crippen LogP contribution is -1.94. The Labute approximate surface area is 124 Å². The molecule has 0 aliphatic rings. The zero-order valence-electron chi connectivity index (χ0n) is 10.5. The number of hydrogen-bond acceptors (Lipinski definition) is 3. The predicted octanol–water partition coefficient (Wildman–Crippen LogP) is 5.12. The molecule has 2 rings (SSSR count). The van der Waals surface area contributed by atoms with Gasteiger partial charge in [0.05, 0.1) is 0 Å². The van der Waals surface area contributed by atoms with Gasteiger partial charge in [0.1, 0.15) is 16.4 Å². The summed E-state index contributed by atoms with van der Waals surface area (Å²) in [7, 11) is 0. The van der Waals surface area contributed by atoms with Crippen LogP contribution in [-0.2, 0) is 0 Å². The number of carbonyl (C=O) groups is 1. The van der Waals surface area contributed by atoms with Crippen molar-refractivity contribution in [2.45, 2.75) is 19.8 Å². The summed E-state index contributed by atoms with van der Waals surface area (Å²) in [4.78, 5) is 11.1. The van der Waals surface area contributed by atoms with E-state index in [4.69, 9.17) is 9.84 Å². The normalized spacial score (nSPS) is 10.7. The molecule has 100 valence electrons. The van der Waals surface area contributed by atoms with Crippen LogP contribution in [0.2, 0.25) is 0 Å². The SMILES string of the molecule is CC(C)c1cc(Br)ccc1Oc1csc(C(=O)O)c1. The molecule has 19 heavy (non-hydrogen) atoms. The molecule has 1 N–H and O–H groups in total. The van der Waals surface area contributed by atoms with E-state index in [2.05, 4.69) is 29.8 Å². The number of rotatable bonds is 4. The number of ether oxygens (including phenoxy) is 1. The molecule has 0 bridgehead atoms. The Kier molecular flexibility index (Phi) is 4.27. The first kappa shape index (κ1) is 14.1. The molecule has 0 aliphatic carbocycles. The van der Waals surface area contributed by atoms with E-state index < -0.39 is 5.97 Å². The van der Waals surface area contributed by atoms with Gasteiger partial charge in [0.15, 0.2) is 0 Å². The lowest BCUT2D eigenvalue weighted by Gasteiger charge is -2.13. The van der Waals surface area contributed by atoms with Crippen LogP contribution in [0.5, 0.6) is 11.5 Å². The van der Waals surface area contributed by atoms with E-state index in [0.29, 0.717) is 11.7 Å². The summed E-state index contributed by atoms with van der Waals surface area (Å²) < 4.78 is 6.78. The van der Waals surface area contributed by atoms with Gasteiger partial charge in [-0.1, -0.05) is 29.8 Å². The van der Waals surface area contributed by atoms with Crippen molar-refractivity contribution in [3.05, 3.63) is 44.6 Å². The quantitative estimate of drug-likeness (QED) is 0.839. The third-order valence-electron chi connectivity index (χ3n) is 2.61. The van der Waals surface area contributed by atoms with Crippen molar-refractivity contribution in [2.75, 3.05) is 0 Å². The Morgan fingerprint density at radius 2 is 2.11 bits per heavy atom. The molecule has 0 aliphatic heterocycles. The van der Waals surface area contributed by atoms with E-state index in [1.165, 1.54) is 0 Å². The molecule has 0 saturated carbocycles. The summed E-state index contributed by atoms with van der Waals surface area (Å²) in [5, 5.41) is 10.6. The second-order valence-electron chi connectivity index (χ2n) is 4.39. The topological polar surface area (TPSA) is 46.5 Å². The summed E-state index contributed by atoms with van der Waals surface area (Å²) in [5.41, 5.74) is 1.08. The smallest absolute Gasteiger partial charge is 0.346 e. The molecule has 0 radical (unpaired) electrons. The molecule has 2 aromatic rings. The molecular formula is C14H13BrO3S. The summed E-state index contributed by atoms with van der Waals surface area (Å²) in [6.45, 7) is 4.18. The minimum Gasteiger partial charge on any atom is -0.477 e. The van der Waals surface area contributed by atoms with Crippen LogP contribution in [0, 0.1) is 0 Å². The van der Waals surface area contributed by atoms with E-state index in [-0.39, 0.29) is 4.88 Å². The molecule has 5 heteroatoms. The third-order valence-corrected chi connectivity index (χ3v) is 4.00. The lowest BCUT2D eigenvalue weighted by molar-refractivity contribution is 0.0702. The molecule has 0 fully saturated rings.